The summed E-state index contributed by atoms with van der Waals surface area (Å²) in [6, 6.07) is 0. The van der Waals surface area contributed by atoms with E-state index in [0.29, 0.717) is 12.7 Å². The van der Waals surface area contributed by atoms with Crippen LogP contribution >= 0.6 is 0 Å². The molecule has 0 radical (unpaired) electrons. The zero-order valence-electron chi connectivity index (χ0n) is 15.7. The van der Waals surface area contributed by atoms with E-state index < -0.39 is 0 Å². The Balaban J connectivity index is 0. The normalized spacial score (nSPS) is 14.5. The van der Waals surface area contributed by atoms with Gasteiger partial charge in [-0.3, -0.25) is 0 Å². The summed E-state index contributed by atoms with van der Waals surface area (Å²) >= 11 is 0. The molecule has 0 saturated heterocycles. The van der Waals surface area contributed by atoms with Crippen LogP contribution in [0, 0.1) is 0 Å². The van der Waals surface area contributed by atoms with E-state index in [1.807, 2.05) is 0 Å². The Morgan fingerprint density at radius 2 is 1.68 bits per heavy atom. The van der Waals surface area contributed by atoms with Crippen LogP contribution in [-0.2, 0) is 18.9 Å². The summed E-state index contributed by atoms with van der Waals surface area (Å²) in [4.78, 5) is 0. The summed E-state index contributed by atoms with van der Waals surface area (Å²) in [5, 5.41) is 0. The molecular formula is C18H38O4. The fourth-order valence-corrected chi connectivity index (χ4v) is 1.70. The summed E-state index contributed by atoms with van der Waals surface area (Å²) in [5.74, 6) is 0. The van der Waals surface area contributed by atoms with Gasteiger partial charge in [-0.25, -0.2) is 0 Å². The molecule has 1 aliphatic carbocycles. The summed E-state index contributed by atoms with van der Waals surface area (Å²) in [6.45, 7) is 12.2. The molecule has 4 heteroatoms. The molecule has 4 nitrogen and oxygen atoms in total. The van der Waals surface area contributed by atoms with Crippen LogP contribution in [-0.4, -0.2) is 52.9 Å². The minimum atomic E-state index is 0.0724. The third-order valence-corrected chi connectivity index (χ3v) is 3.49. The van der Waals surface area contributed by atoms with Crippen LogP contribution in [0.2, 0.25) is 0 Å². The predicted molar refractivity (Wildman–Crippen MR) is 93.5 cm³/mol. The van der Waals surface area contributed by atoms with Gasteiger partial charge < -0.3 is 18.9 Å². The Bertz CT molecular complexity index is 216. The Morgan fingerprint density at radius 1 is 1.09 bits per heavy atom. The fraction of sp³-hybridized carbons (Fsp3) is 0.889. The second-order valence-electron chi connectivity index (χ2n) is 5.36. The van der Waals surface area contributed by atoms with Gasteiger partial charge in [0.15, 0.2) is 0 Å². The van der Waals surface area contributed by atoms with Crippen LogP contribution in [0.4, 0.5) is 0 Å². The van der Waals surface area contributed by atoms with Crippen molar-refractivity contribution in [2.24, 2.45) is 0 Å². The molecular weight excluding hydrogens is 280 g/mol. The average Bonchev–Trinajstić information content (AvgIpc) is 3.32. The Morgan fingerprint density at radius 3 is 1.86 bits per heavy atom. The molecule has 0 N–H and O–H groups in total. The average molecular weight is 318 g/mol. The van der Waals surface area contributed by atoms with Gasteiger partial charge in [-0.1, -0.05) is 26.8 Å². The third-order valence-electron chi connectivity index (χ3n) is 3.49. The number of hydrogen-bond donors (Lipinski definition) is 0. The van der Waals surface area contributed by atoms with Crippen LogP contribution in [0.1, 0.15) is 52.9 Å². The standard InChI is InChI=1S/C8H14O2.C6H14O.C4H10O/c1-3-6-10-7-8(9-2)4-5-8;1-4-6(5-2)7-3;1-3-4-5-2/h3H,1,4-7H2,2H3;6H,4-5H2,1-3H3;3-4H2,1-2H3. The minimum absolute atomic E-state index is 0.0724. The number of hydrogen-bond acceptors (Lipinski definition) is 4. The molecule has 1 saturated carbocycles. The van der Waals surface area contributed by atoms with Crippen LogP contribution < -0.4 is 0 Å². The first kappa shape index (κ1) is 23.8. The molecule has 22 heavy (non-hydrogen) atoms. The monoisotopic (exact) mass is 318 g/mol. The van der Waals surface area contributed by atoms with Gasteiger partial charge in [0.1, 0.15) is 0 Å². The van der Waals surface area contributed by atoms with E-state index in [2.05, 4.69) is 27.4 Å². The number of methoxy groups -OCH3 is 3. The molecule has 0 aliphatic heterocycles. The highest BCUT2D eigenvalue weighted by Crippen LogP contribution is 2.38. The number of rotatable bonds is 10. The maximum atomic E-state index is 5.26. The fourth-order valence-electron chi connectivity index (χ4n) is 1.70. The second-order valence-corrected chi connectivity index (χ2v) is 5.36. The highest BCUT2D eigenvalue weighted by Gasteiger charge is 2.43. The summed E-state index contributed by atoms with van der Waals surface area (Å²) in [5.41, 5.74) is 0.0724. The van der Waals surface area contributed by atoms with Crippen molar-refractivity contribution in [2.75, 3.05) is 41.2 Å². The van der Waals surface area contributed by atoms with E-state index >= 15 is 0 Å². The van der Waals surface area contributed by atoms with Crippen LogP contribution in [0.5, 0.6) is 0 Å². The molecule has 0 heterocycles. The summed E-state index contributed by atoms with van der Waals surface area (Å²) in [6.07, 6.45) is 7.91. The lowest BCUT2D eigenvalue weighted by molar-refractivity contribution is -0.000657. The Labute approximate surface area is 138 Å². The first-order valence-electron chi connectivity index (χ1n) is 8.35. The largest absolute Gasteiger partial charge is 0.385 e. The first-order valence-corrected chi connectivity index (χ1v) is 8.35. The molecule has 0 unspecified atom stereocenters. The van der Waals surface area contributed by atoms with E-state index in [-0.39, 0.29) is 5.60 Å². The molecule has 134 valence electrons. The van der Waals surface area contributed by atoms with E-state index in [1.54, 1.807) is 27.4 Å². The van der Waals surface area contributed by atoms with Crippen molar-refractivity contribution in [3.63, 3.8) is 0 Å². The summed E-state index contributed by atoms with van der Waals surface area (Å²) in [7, 11) is 5.21. The molecule has 1 fully saturated rings. The zero-order valence-corrected chi connectivity index (χ0v) is 15.7. The van der Waals surface area contributed by atoms with Gasteiger partial charge in [-0.15, -0.1) is 6.58 Å². The lowest BCUT2D eigenvalue weighted by Gasteiger charge is -2.11. The molecule has 1 rings (SSSR count). The van der Waals surface area contributed by atoms with Gasteiger partial charge in [0, 0.05) is 27.9 Å². The van der Waals surface area contributed by atoms with Gasteiger partial charge in [-0.05, 0) is 32.1 Å². The lowest BCUT2D eigenvalue weighted by Crippen LogP contribution is -2.19. The minimum Gasteiger partial charge on any atom is -0.385 e. The maximum absolute atomic E-state index is 5.26. The van der Waals surface area contributed by atoms with E-state index in [9.17, 15) is 0 Å². The van der Waals surface area contributed by atoms with E-state index in [0.717, 1.165) is 45.3 Å². The van der Waals surface area contributed by atoms with Gasteiger partial charge in [0.2, 0.25) is 0 Å². The van der Waals surface area contributed by atoms with Crippen molar-refractivity contribution in [1.82, 2.24) is 0 Å². The highest BCUT2D eigenvalue weighted by molar-refractivity contribution is 4.95. The first-order chi connectivity index (χ1) is 10.6. The van der Waals surface area contributed by atoms with Gasteiger partial charge in [0.05, 0.1) is 24.9 Å². The second kappa shape index (κ2) is 16.9. The quantitative estimate of drug-likeness (QED) is 0.446. The molecule has 0 aromatic carbocycles. The predicted octanol–water partition coefficient (Wildman–Crippen LogP) is 4.23. The zero-order chi connectivity index (χ0) is 17.3. The third kappa shape index (κ3) is 14.5. The van der Waals surface area contributed by atoms with Crippen molar-refractivity contribution in [2.45, 2.75) is 64.6 Å². The van der Waals surface area contributed by atoms with Gasteiger partial charge in [-0.2, -0.15) is 0 Å². The Hall–Kier alpha value is -0.420. The molecule has 0 aromatic heterocycles. The van der Waals surface area contributed by atoms with E-state index in [1.165, 1.54) is 0 Å². The van der Waals surface area contributed by atoms with Gasteiger partial charge in [0.25, 0.3) is 0 Å². The SMILES string of the molecule is C=CCOCC1(OC)CC1.CCC(CC)OC.CCCOC. The van der Waals surface area contributed by atoms with Crippen LogP contribution in [0.25, 0.3) is 0 Å². The smallest absolute Gasteiger partial charge is 0.0913 e. The van der Waals surface area contributed by atoms with Crippen molar-refractivity contribution < 1.29 is 18.9 Å². The molecule has 0 atom stereocenters. The topological polar surface area (TPSA) is 36.9 Å². The van der Waals surface area contributed by atoms with E-state index in [4.69, 9.17) is 18.9 Å². The summed E-state index contributed by atoms with van der Waals surface area (Å²) < 4.78 is 20.2. The van der Waals surface area contributed by atoms with Crippen LogP contribution in [0.3, 0.4) is 0 Å². The maximum Gasteiger partial charge on any atom is 0.0913 e. The van der Waals surface area contributed by atoms with Crippen molar-refractivity contribution in [1.29, 1.82) is 0 Å². The van der Waals surface area contributed by atoms with Crippen molar-refractivity contribution in [3.8, 4) is 0 Å². The molecule has 0 bridgehead atoms. The molecule has 1 aliphatic rings. The van der Waals surface area contributed by atoms with Crippen molar-refractivity contribution in [3.05, 3.63) is 12.7 Å². The highest BCUT2D eigenvalue weighted by atomic mass is 16.5. The number of ether oxygens (including phenoxy) is 4. The molecule has 0 amide bonds. The van der Waals surface area contributed by atoms with Gasteiger partial charge >= 0.3 is 0 Å². The molecule has 0 spiro atoms. The molecule has 0 aromatic rings. The lowest BCUT2D eigenvalue weighted by atomic mass is 10.2. The van der Waals surface area contributed by atoms with Crippen molar-refractivity contribution >= 4 is 0 Å². The Kier molecular flexibility index (Phi) is 18.4. The van der Waals surface area contributed by atoms with Crippen LogP contribution in [0.15, 0.2) is 12.7 Å².